The van der Waals surface area contributed by atoms with E-state index in [9.17, 15) is 14.7 Å². The molecule has 0 spiro atoms. The van der Waals surface area contributed by atoms with E-state index in [4.69, 9.17) is 9.47 Å². The summed E-state index contributed by atoms with van der Waals surface area (Å²) in [6, 6.07) is 31.7. The highest BCUT2D eigenvalue weighted by molar-refractivity contribution is 6.46. The lowest BCUT2D eigenvalue weighted by Crippen LogP contribution is -2.31. The van der Waals surface area contributed by atoms with Gasteiger partial charge in [0, 0.05) is 18.5 Å². The fourth-order valence-corrected chi connectivity index (χ4v) is 5.59. The van der Waals surface area contributed by atoms with E-state index in [1.165, 1.54) is 0 Å². The molecule has 2 aliphatic rings. The van der Waals surface area contributed by atoms with Crippen LogP contribution >= 0.6 is 0 Å². The van der Waals surface area contributed by atoms with Gasteiger partial charge in [-0.2, -0.15) is 0 Å². The third-order valence-electron chi connectivity index (χ3n) is 7.62. The van der Waals surface area contributed by atoms with E-state index in [1.54, 1.807) is 11.0 Å². The second kappa shape index (κ2) is 11.3. The highest BCUT2D eigenvalue weighted by atomic mass is 16.5. The van der Waals surface area contributed by atoms with Gasteiger partial charge < -0.3 is 19.5 Å². The number of likely N-dealkylation sites (tertiary alicyclic amines) is 1. The molecule has 6 nitrogen and oxygen atoms in total. The number of rotatable bonds is 8. The summed E-state index contributed by atoms with van der Waals surface area (Å²) in [4.78, 5) is 28.6. The lowest BCUT2D eigenvalue weighted by atomic mass is 9.94. The van der Waals surface area contributed by atoms with Gasteiger partial charge in [0.15, 0.2) is 0 Å². The molecule has 6 rings (SSSR count). The number of benzene rings is 4. The van der Waals surface area contributed by atoms with Gasteiger partial charge in [0.05, 0.1) is 11.6 Å². The quantitative estimate of drug-likeness (QED) is 0.161. The Kier molecular flexibility index (Phi) is 7.30. The number of Topliss-reactive ketones (excluding diaryl/α,β-unsaturated/α-hetero) is 1. The van der Waals surface area contributed by atoms with E-state index < -0.39 is 17.7 Å². The average Bonchev–Trinajstić information content (AvgIpc) is 3.50. The predicted octanol–water partition coefficient (Wildman–Crippen LogP) is 6.25. The van der Waals surface area contributed by atoms with Crippen molar-refractivity contribution in [2.75, 3.05) is 6.54 Å². The number of carbonyl (C=O) groups excluding carboxylic acids is 2. The maximum Gasteiger partial charge on any atom is 0.295 e. The van der Waals surface area contributed by atoms with E-state index in [-0.39, 0.29) is 17.4 Å². The number of ether oxygens (including phenoxy) is 2. The van der Waals surface area contributed by atoms with Crippen LogP contribution in [0.15, 0.2) is 109 Å². The van der Waals surface area contributed by atoms with Crippen LogP contribution in [0.3, 0.4) is 0 Å². The molecule has 1 N–H and O–H groups in total. The van der Waals surface area contributed by atoms with Crippen molar-refractivity contribution in [3.8, 4) is 11.5 Å². The van der Waals surface area contributed by atoms with Crippen LogP contribution < -0.4 is 9.47 Å². The maximum absolute atomic E-state index is 13.5. The summed E-state index contributed by atoms with van der Waals surface area (Å²) in [5, 5.41) is 11.6. The Balaban J connectivity index is 1.38. The van der Waals surface area contributed by atoms with Crippen molar-refractivity contribution in [3.63, 3.8) is 0 Å². The molecule has 0 aliphatic carbocycles. The summed E-state index contributed by atoms with van der Waals surface area (Å²) in [7, 11) is 0. The number of hydrogen-bond acceptors (Lipinski definition) is 5. The first kappa shape index (κ1) is 26.4. The van der Waals surface area contributed by atoms with Gasteiger partial charge in [0.25, 0.3) is 11.7 Å². The van der Waals surface area contributed by atoms with E-state index in [0.29, 0.717) is 42.9 Å². The Hall–Kier alpha value is -4.84. The first-order valence-electron chi connectivity index (χ1n) is 13.9. The molecule has 0 bridgehead atoms. The molecule has 0 radical (unpaired) electrons. The fourth-order valence-electron chi connectivity index (χ4n) is 5.59. The Morgan fingerprint density at radius 2 is 1.63 bits per heavy atom. The monoisotopic (exact) mass is 545 g/mol. The van der Waals surface area contributed by atoms with Crippen LogP contribution in [0.25, 0.3) is 5.76 Å². The van der Waals surface area contributed by atoms with Gasteiger partial charge in [0.2, 0.25) is 0 Å². The first-order chi connectivity index (χ1) is 20.0. The van der Waals surface area contributed by atoms with Gasteiger partial charge in [-0.05, 0) is 65.9 Å². The standard InChI is InChI=1S/C35H31NO5/c1-23-19-28-20-27(15-16-30(28)41-23)33(37)31-32(36(35(39)34(31)38)18-17-24-9-4-2-5-10-24)26-13-8-14-29(21-26)40-22-25-11-6-3-7-12-25/h2-16,20-21,23,32,37H,17-19,22H2,1H3/t23-,32-/m0/s1. The van der Waals surface area contributed by atoms with Crippen LogP contribution in [0.1, 0.15) is 40.8 Å². The topological polar surface area (TPSA) is 76.1 Å². The molecule has 1 amide bonds. The summed E-state index contributed by atoms with van der Waals surface area (Å²) in [6.45, 7) is 2.69. The van der Waals surface area contributed by atoms with Crippen molar-refractivity contribution in [2.24, 2.45) is 0 Å². The van der Waals surface area contributed by atoms with Gasteiger partial charge in [-0.3, -0.25) is 9.59 Å². The third-order valence-corrected chi connectivity index (χ3v) is 7.62. The van der Waals surface area contributed by atoms with Crippen molar-refractivity contribution < 1.29 is 24.2 Å². The van der Waals surface area contributed by atoms with Crippen molar-refractivity contribution in [1.29, 1.82) is 0 Å². The average molecular weight is 546 g/mol. The Morgan fingerprint density at radius 3 is 2.39 bits per heavy atom. The van der Waals surface area contributed by atoms with Gasteiger partial charge in [-0.25, -0.2) is 0 Å². The zero-order valence-electron chi connectivity index (χ0n) is 22.8. The van der Waals surface area contributed by atoms with E-state index in [1.807, 2.05) is 104 Å². The molecule has 41 heavy (non-hydrogen) atoms. The molecule has 206 valence electrons. The number of amides is 1. The molecule has 0 aromatic heterocycles. The molecule has 4 aromatic rings. The molecule has 4 aromatic carbocycles. The number of ketones is 1. The molecular weight excluding hydrogens is 514 g/mol. The van der Waals surface area contributed by atoms with E-state index >= 15 is 0 Å². The molecular formula is C35H31NO5. The normalized spacial score (nSPS) is 19.2. The molecule has 2 atom stereocenters. The number of fused-ring (bicyclic) bond motifs is 1. The zero-order valence-corrected chi connectivity index (χ0v) is 22.8. The van der Waals surface area contributed by atoms with Crippen LogP contribution in [-0.4, -0.2) is 34.3 Å². The highest BCUT2D eigenvalue weighted by Gasteiger charge is 2.46. The minimum atomic E-state index is -0.762. The number of aliphatic hydroxyl groups excluding tert-OH is 1. The van der Waals surface area contributed by atoms with Gasteiger partial charge in [-0.1, -0.05) is 72.8 Å². The summed E-state index contributed by atoms with van der Waals surface area (Å²) in [5.41, 5.74) is 4.32. The predicted molar refractivity (Wildman–Crippen MR) is 157 cm³/mol. The molecule has 1 fully saturated rings. The lowest BCUT2D eigenvalue weighted by molar-refractivity contribution is -0.139. The number of carbonyl (C=O) groups is 2. The molecule has 6 heteroatoms. The largest absolute Gasteiger partial charge is 0.507 e. The van der Waals surface area contributed by atoms with Crippen molar-refractivity contribution in [1.82, 2.24) is 4.90 Å². The van der Waals surface area contributed by atoms with E-state index in [2.05, 4.69) is 0 Å². The SMILES string of the molecule is C[C@H]1Cc2cc(C(O)=C3C(=O)C(=O)N(CCc4ccccc4)[C@H]3c3cccc(OCc4ccccc4)c3)ccc2O1. The summed E-state index contributed by atoms with van der Waals surface area (Å²) in [6.07, 6.45) is 1.33. The van der Waals surface area contributed by atoms with Crippen molar-refractivity contribution in [2.45, 2.75) is 38.5 Å². The van der Waals surface area contributed by atoms with Crippen LogP contribution in [0.4, 0.5) is 0 Å². The summed E-state index contributed by atoms with van der Waals surface area (Å²) >= 11 is 0. The second-order valence-corrected chi connectivity index (χ2v) is 10.5. The summed E-state index contributed by atoms with van der Waals surface area (Å²) < 4.78 is 11.9. The number of aliphatic hydroxyl groups is 1. The first-order valence-corrected chi connectivity index (χ1v) is 13.9. The second-order valence-electron chi connectivity index (χ2n) is 10.5. The molecule has 1 saturated heterocycles. The summed E-state index contributed by atoms with van der Waals surface area (Å²) in [5.74, 6) is -0.114. The third kappa shape index (κ3) is 5.46. The van der Waals surface area contributed by atoms with Crippen LogP contribution in [-0.2, 0) is 29.0 Å². The Morgan fingerprint density at radius 1 is 0.902 bits per heavy atom. The minimum Gasteiger partial charge on any atom is -0.507 e. The van der Waals surface area contributed by atoms with Gasteiger partial charge >= 0.3 is 0 Å². The van der Waals surface area contributed by atoms with Crippen LogP contribution in [0.5, 0.6) is 11.5 Å². The Bertz CT molecular complexity index is 1610. The fraction of sp³-hybridized carbons (Fsp3) is 0.200. The van der Waals surface area contributed by atoms with Crippen molar-refractivity contribution >= 4 is 17.4 Å². The molecule has 2 heterocycles. The molecule has 0 saturated carbocycles. The van der Waals surface area contributed by atoms with E-state index in [0.717, 1.165) is 22.4 Å². The zero-order chi connectivity index (χ0) is 28.3. The maximum atomic E-state index is 13.5. The number of nitrogens with zero attached hydrogens (tertiary/aromatic N) is 1. The smallest absolute Gasteiger partial charge is 0.295 e. The molecule has 2 aliphatic heterocycles. The molecule has 0 unspecified atom stereocenters. The lowest BCUT2D eigenvalue weighted by Gasteiger charge is -2.26. The highest BCUT2D eigenvalue weighted by Crippen LogP contribution is 2.41. The minimum absolute atomic E-state index is 0.0459. The number of hydrogen-bond donors (Lipinski definition) is 1. The van der Waals surface area contributed by atoms with Crippen LogP contribution in [0.2, 0.25) is 0 Å². The van der Waals surface area contributed by atoms with Gasteiger partial charge in [-0.15, -0.1) is 0 Å². The Labute approximate surface area is 239 Å². The van der Waals surface area contributed by atoms with Gasteiger partial charge in [0.1, 0.15) is 30.0 Å². The van der Waals surface area contributed by atoms with Crippen LogP contribution in [0, 0.1) is 0 Å². The van der Waals surface area contributed by atoms with Crippen molar-refractivity contribution in [3.05, 3.63) is 137 Å².